The Morgan fingerprint density at radius 1 is 0.286 bits per heavy atom. The lowest BCUT2D eigenvalue weighted by molar-refractivity contribution is -0.161. The van der Waals surface area contributed by atoms with Crippen LogP contribution in [0.4, 0.5) is 0 Å². The molecule has 56 heavy (non-hydrogen) atoms. The van der Waals surface area contributed by atoms with Crippen molar-refractivity contribution in [2.24, 2.45) is 16.2 Å². The Morgan fingerprint density at radius 2 is 0.464 bits per heavy atom. The summed E-state index contributed by atoms with van der Waals surface area (Å²) in [6.45, 7) is 35.2. The van der Waals surface area contributed by atoms with Crippen LogP contribution in [-0.2, 0) is 18.1 Å². The van der Waals surface area contributed by atoms with Crippen LogP contribution in [0.15, 0.2) is 0 Å². The Balaban J connectivity index is 8.43. The minimum atomic E-state index is -4.23. The van der Waals surface area contributed by atoms with E-state index in [1.54, 1.807) is 0 Å². The summed E-state index contributed by atoms with van der Waals surface area (Å²) in [5.74, 6) is 0. The molecule has 0 amide bonds. The summed E-state index contributed by atoms with van der Waals surface area (Å²) in [5, 5.41) is 0. The molecule has 4 nitrogen and oxygen atoms in total. The second-order valence-corrected chi connectivity index (χ2v) is 21.8. The van der Waals surface area contributed by atoms with Gasteiger partial charge in [-0.25, -0.2) is 4.57 Å². The van der Waals surface area contributed by atoms with Gasteiger partial charge < -0.3 is 0 Å². The van der Waals surface area contributed by atoms with Crippen LogP contribution in [0.5, 0.6) is 0 Å². The first kappa shape index (κ1) is 56.1. The molecule has 0 aliphatic carbocycles. The van der Waals surface area contributed by atoms with E-state index in [4.69, 9.17) is 13.6 Å². The molecule has 5 heteroatoms. The SMILES string of the molecule is CCCCCC(C)(C)C(CCCC)(CCCC)OP(=O)(OC(CCCC)(CCCC)C(C)(C)CCCCC)OC(CCCC)(CCCC)C(C)(C)CCCCC. The zero-order chi connectivity index (χ0) is 42.8. The number of hydrogen-bond acceptors (Lipinski definition) is 4. The van der Waals surface area contributed by atoms with Crippen molar-refractivity contribution in [3.05, 3.63) is 0 Å². The summed E-state index contributed by atoms with van der Waals surface area (Å²) in [5.41, 5.74) is -2.47. The molecule has 0 aromatic heterocycles. The highest BCUT2D eigenvalue weighted by Gasteiger charge is 2.59. The quantitative estimate of drug-likeness (QED) is 0.0458. The molecule has 0 radical (unpaired) electrons. The van der Waals surface area contributed by atoms with E-state index in [1.165, 1.54) is 38.5 Å². The predicted molar refractivity (Wildman–Crippen MR) is 250 cm³/mol. The first-order valence-corrected chi connectivity index (χ1v) is 26.6. The fourth-order valence-electron chi connectivity index (χ4n) is 9.66. The van der Waals surface area contributed by atoms with E-state index in [-0.39, 0.29) is 16.2 Å². The predicted octanol–water partition coefficient (Wildman–Crippen LogP) is 19.3. The highest BCUT2D eigenvalue weighted by Crippen LogP contribution is 2.68. The van der Waals surface area contributed by atoms with Gasteiger partial charge in [0.1, 0.15) is 0 Å². The lowest BCUT2D eigenvalue weighted by Gasteiger charge is -2.54. The van der Waals surface area contributed by atoms with Crippen molar-refractivity contribution in [2.45, 2.75) is 313 Å². The third-order valence-electron chi connectivity index (χ3n) is 14.4. The van der Waals surface area contributed by atoms with Gasteiger partial charge in [0.2, 0.25) is 0 Å². The van der Waals surface area contributed by atoms with E-state index in [1.807, 2.05) is 0 Å². The first-order valence-electron chi connectivity index (χ1n) is 25.1. The summed E-state index contributed by atoms with van der Waals surface area (Å²) >= 11 is 0. The van der Waals surface area contributed by atoms with Crippen molar-refractivity contribution >= 4 is 7.82 Å². The van der Waals surface area contributed by atoms with E-state index < -0.39 is 24.6 Å². The van der Waals surface area contributed by atoms with Gasteiger partial charge in [0, 0.05) is 0 Å². The molecule has 0 unspecified atom stereocenters. The lowest BCUT2D eigenvalue weighted by Crippen LogP contribution is -2.52. The number of hydrogen-bond donors (Lipinski definition) is 0. The summed E-state index contributed by atoms with van der Waals surface area (Å²) < 4.78 is 40.5. The molecule has 0 aliphatic heterocycles. The van der Waals surface area contributed by atoms with E-state index in [0.29, 0.717) is 0 Å². The van der Waals surface area contributed by atoms with Crippen LogP contribution in [0.25, 0.3) is 0 Å². The fourth-order valence-corrected chi connectivity index (χ4v) is 12.3. The van der Waals surface area contributed by atoms with Gasteiger partial charge in [-0.2, -0.15) is 0 Å². The smallest absolute Gasteiger partial charge is 0.280 e. The summed E-state index contributed by atoms with van der Waals surface area (Å²) in [7, 11) is -4.23. The van der Waals surface area contributed by atoms with Crippen LogP contribution in [0.1, 0.15) is 296 Å². The molecular formula is C51H105O4P. The van der Waals surface area contributed by atoms with Gasteiger partial charge in [0.25, 0.3) is 0 Å². The molecule has 0 aromatic carbocycles. The molecule has 0 aliphatic rings. The topological polar surface area (TPSA) is 44.8 Å². The van der Waals surface area contributed by atoms with Crippen LogP contribution < -0.4 is 0 Å². The molecule has 0 saturated heterocycles. The van der Waals surface area contributed by atoms with Crippen LogP contribution in [0.3, 0.4) is 0 Å². The average molecular weight is 813 g/mol. The maximum atomic E-state index is 17.1. The Bertz CT molecular complexity index is 852. The zero-order valence-corrected chi connectivity index (χ0v) is 42.2. The van der Waals surface area contributed by atoms with Crippen molar-refractivity contribution in [3.63, 3.8) is 0 Å². The third kappa shape index (κ3) is 17.6. The molecule has 0 aromatic rings. The molecule has 0 atom stereocenters. The minimum Gasteiger partial charge on any atom is -0.280 e. The molecule has 0 saturated carbocycles. The number of phosphoric ester groups is 1. The van der Waals surface area contributed by atoms with Crippen LogP contribution >= 0.6 is 7.82 Å². The van der Waals surface area contributed by atoms with Crippen molar-refractivity contribution in [3.8, 4) is 0 Å². The molecular weight excluding hydrogens is 708 g/mol. The summed E-state index contributed by atoms with van der Waals surface area (Å²) in [4.78, 5) is 0. The van der Waals surface area contributed by atoms with Crippen molar-refractivity contribution in [1.29, 1.82) is 0 Å². The minimum absolute atomic E-state index is 0.201. The average Bonchev–Trinajstić information content (AvgIpc) is 3.14. The monoisotopic (exact) mass is 813 g/mol. The highest BCUT2D eigenvalue weighted by atomic mass is 31.2. The Hall–Kier alpha value is 0.110. The van der Waals surface area contributed by atoms with Gasteiger partial charge in [-0.3, -0.25) is 13.6 Å². The lowest BCUT2D eigenvalue weighted by atomic mass is 9.67. The maximum Gasteiger partial charge on any atom is 0.476 e. The third-order valence-corrected chi connectivity index (χ3v) is 16.1. The maximum absolute atomic E-state index is 17.1. The summed E-state index contributed by atoms with van der Waals surface area (Å²) in [6.07, 6.45) is 31.8. The van der Waals surface area contributed by atoms with Crippen LogP contribution in [-0.4, -0.2) is 16.8 Å². The molecule has 0 fully saturated rings. The standard InChI is InChI=1S/C51H105O4P/c1-16-25-34-37-46(10,11)49(40-28-19-4,41-29-20-5)53-56(52,54-50(42-30-21-6,43-31-22-7)47(12,13)38-35-26-17-2)55-51(44-32-23-8,45-33-24-9)48(14,15)39-36-27-18-3/h16-45H2,1-15H3. The van der Waals surface area contributed by atoms with Crippen molar-refractivity contribution in [2.75, 3.05) is 0 Å². The molecule has 0 rings (SSSR count). The fraction of sp³-hybridized carbons (Fsp3) is 1.00. The first-order chi connectivity index (χ1) is 26.4. The number of phosphoric acid groups is 1. The number of rotatable bonds is 39. The Kier molecular flexibility index (Phi) is 28.7. The molecule has 0 heterocycles. The zero-order valence-electron chi connectivity index (χ0n) is 41.3. The largest absolute Gasteiger partial charge is 0.476 e. The molecule has 0 bridgehead atoms. The van der Waals surface area contributed by atoms with Crippen molar-refractivity contribution in [1.82, 2.24) is 0 Å². The number of unbranched alkanes of at least 4 members (excludes halogenated alkanes) is 12. The second kappa shape index (κ2) is 28.6. The Labute approximate surface area is 354 Å². The van der Waals surface area contributed by atoms with Gasteiger partial charge in [-0.15, -0.1) is 0 Å². The van der Waals surface area contributed by atoms with Gasteiger partial charge in [-0.1, -0.05) is 239 Å². The molecule has 0 N–H and O–H groups in total. The van der Waals surface area contributed by atoms with Gasteiger partial charge in [0.15, 0.2) is 0 Å². The second-order valence-electron chi connectivity index (χ2n) is 20.3. The van der Waals surface area contributed by atoms with Gasteiger partial charge >= 0.3 is 7.82 Å². The van der Waals surface area contributed by atoms with E-state index in [0.717, 1.165) is 154 Å². The van der Waals surface area contributed by atoms with Crippen molar-refractivity contribution < 1.29 is 18.1 Å². The van der Waals surface area contributed by atoms with Crippen LogP contribution in [0, 0.1) is 16.2 Å². The van der Waals surface area contributed by atoms with Gasteiger partial charge in [-0.05, 0) is 74.0 Å². The molecule has 338 valence electrons. The highest BCUT2D eigenvalue weighted by molar-refractivity contribution is 7.48. The van der Waals surface area contributed by atoms with E-state index in [9.17, 15) is 0 Å². The van der Waals surface area contributed by atoms with E-state index in [2.05, 4.69) is 104 Å². The van der Waals surface area contributed by atoms with E-state index >= 15 is 4.57 Å². The normalized spacial score (nSPS) is 13.9. The molecule has 0 spiro atoms. The van der Waals surface area contributed by atoms with Crippen LogP contribution in [0.2, 0.25) is 0 Å². The van der Waals surface area contributed by atoms with Gasteiger partial charge in [0.05, 0.1) is 16.8 Å². The summed E-state index contributed by atoms with van der Waals surface area (Å²) in [6, 6.07) is 0. The Morgan fingerprint density at radius 3 is 0.625 bits per heavy atom.